The number of rotatable bonds is 6. The van der Waals surface area contributed by atoms with E-state index in [1.807, 2.05) is 54.3 Å². The van der Waals surface area contributed by atoms with Gasteiger partial charge in [0, 0.05) is 82.2 Å². The average Bonchev–Trinajstić information content (AvgIpc) is 3.36. The third kappa shape index (κ3) is 6.03. The Balaban J connectivity index is 1.19. The number of hydrogen-bond donors (Lipinski definition) is 2. The normalized spacial score (nSPS) is 21.1. The lowest BCUT2D eigenvalue weighted by atomic mass is 10.0. The van der Waals surface area contributed by atoms with Gasteiger partial charge >= 0.3 is 6.03 Å². The third-order valence-corrected chi connectivity index (χ3v) is 7.49. The largest absolute Gasteiger partial charge is 0.368 e. The van der Waals surface area contributed by atoms with Gasteiger partial charge in [0.15, 0.2) is 5.82 Å². The highest BCUT2D eigenvalue weighted by molar-refractivity contribution is 6.05. The highest BCUT2D eigenvalue weighted by atomic mass is 16.2. The number of amides is 2. The number of nitrogens with two attached hydrogens (primary N) is 1. The molecule has 1 atom stereocenters. The number of nitrogens with zero attached hydrogens (tertiary/aromatic N) is 8. The van der Waals surface area contributed by atoms with Crippen LogP contribution in [0.3, 0.4) is 0 Å². The van der Waals surface area contributed by atoms with Gasteiger partial charge in [0.25, 0.3) is 0 Å². The molecule has 1 unspecified atom stereocenters. The monoisotopic (exact) mass is 530 g/mol. The van der Waals surface area contributed by atoms with Gasteiger partial charge < -0.3 is 25.8 Å². The standard InChI is InChI=1S/C28H38N10O/c1-3-6-23(30-10-4-2)26-34-24-7-5-11-31-25(24)38(26)22-8-12-36(13-9-22)28(39)37-16-14-35(15-17-37)20-21-18-32-27(29)33-19-21/h3-7,10-11,18-19,22,26,34H,8-9,12-17,20H2,1-2H3,(H2,29,32,33)/b6-3-,10-4-,30-23+. The highest BCUT2D eigenvalue weighted by Gasteiger charge is 2.39. The summed E-state index contributed by atoms with van der Waals surface area (Å²) in [7, 11) is 0. The van der Waals surface area contributed by atoms with Crippen molar-refractivity contribution in [1.82, 2.24) is 29.7 Å². The Morgan fingerprint density at radius 1 is 1.05 bits per heavy atom. The van der Waals surface area contributed by atoms with Crippen molar-refractivity contribution >= 4 is 29.2 Å². The van der Waals surface area contributed by atoms with Crippen LogP contribution in [0.15, 0.2) is 60.1 Å². The lowest BCUT2D eigenvalue weighted by molar-refractivity contribution is 0.102. The number of hydrogen-bond acceptors (Lipinski definition) is 9. The fraction of sp³-hybridized carbons (Fsp3) is 0.464. The van der Waals surface area contributed by atoms with Gasteiger partial charge in [-0.25, -0.2) is 19.7 Å². The molecule has 3 aliphatic heterocycles. The number of piperazine rings is 1. The maximum atomic E-state index is 13.4. The molecule has 0 aliphatic carbocycles. The lowest BCUT2D eigenvalue weighted by Gasteiger charge is -2.42. The van der Waals surface area contributed by atoms with Crippen molar-refractivity contribution in [1.29, 1.82) is 0 Å². The van der Waals surface area contributed by atoms with Crippen LogP contribution < -0.4 is 16.0 Å². The molecule has 5 rings (SSSR count). The quantitative estimate of drug-likeness (QED) is 0.547. The van der Waals surface area contributed by atoms with E-state index < -0.39 is 0 Å². The summed E-state index contributed by atoms with van der Waals surface area (Å²) in [6, 6.07) is 4.41. The maximum Gasteiger partial charge on any atom is 0.320 e. The molecular weight excluding hydrogens is 492 g/mol. The average molecular weight is 531 g/mol. The van der Waals surface area contributed by atoms with Gasteiger partial charge in [0.2, 0.25) is 5.95 Å². The van der Waals surface area contributed by atoms with Crippen molar-refractivity contribution in [3.05, 3.63) is 60.7 Å². The van der Waals surface area contributed by atoms with Crippen LogP contribution in [0.2, 0.25) is 0 Å². The van der Waals surface area contributed by atoms with Crippen molar-refractivity contribution in [2.24, 2.45) is 4.99 Å². The predicted octanol–water partition coefficient (Wildman–Crippen LogP) is 2.96. The molecule has 0 saturated carbocycles. The zero-order valence-electron chi connectivity index (χ0n) is 22.8. The second kappa shape index (κ2) is 12.2. The van der Waals surface area contributed by atoms with Gasteiger partial charge in [-0.05, 0) is 44.9 Å². The number of nitrogens with one attached hydrogen (secondary N) is 1. The van der Waals surface area contributed by atoms with E-state index in [4.69, 9.17) is 15.7 Å². The van der Waals surface area contributed by atoms with E-state index in [1.54, 1.807) is 12.4 Å². The van der Waals surface area contributed by atoms with Gasteiger partial charge in [-0.3, -0.25) is 9.89 Å². The summed E-state index contributed by atoms with van der Waals surface area (Å²) in [5.41, 5.74) is 8.58. The molecule has 39 heavy (non-hydrogen) atoms. The Morgan fingerprint density at radius 2 is 1.77 bits per heavy atom. The molecule has 0 bridgehead atoms. The first-order chi connectivity index (χ1) is 19.1. The number of aromatic nitrogens is 3. The van der Waals surface area contributed by atoms with Gasteiger partial charge in [-0.1, -0.05) is 12.2 Å². The third-order valence-electron chi connectivity index (χ3n) is 7.49. The lowest BCUT2D eigenvalue weighted by Crippen LogP contribution is -2.56. The predicted molar refractivity (Wildman–Crippen MR) is 154 cm³/mol. The minimum absolute atomic E-state index is 0.103. The van der Waals surface area contributed by atoms with Crippen LogP contribution >= 0.6 is 0 Å². The van der Waals surface area contributed by atoms with Gasteiger partial charge in [-0.15, -0.1) is 0 Å². The number of allylic oxidation sites excluding steroid dienone is 2. The van der Waals surface area contributed by atoms with Gasteiger partial charge in [0.05, 0.1) is 11.4 Å². The van der Waals surface area contributed by atoms with E-state index in [2.05, 4.69) is 37.2 Å². The minimum Gasteiger partial charge on any atom is -0.368 e. The van der Waals surface area contributed by atoms with Crippen LogP contribution in [0, 0.1) is 0 Å². The van der Waals surface area contributed by atoms with Crippen LogP contribution in [0.4, 0.5) is 22.2 Å². The first-order valence-corrected chi connectivity index (χ1v) is 13.7. The number of anilines is 3. The molecule has 5 heterocycles. The highest BCUT2D eigenvalue weighted by Crippen LogP contribution is 2.37. The summed E-state index contributed by atoms with van der Waals surface area (Å²) in [6.45, 7) is 9.29. The first-order valence-electron chi connectivity index (χ1n) is 13.7. The van der Waals surface area contributed by atoms with Gasteiger partial charge in [-0.2, -0.15) is 0 Å². The molecule has 2 saturated heterocycles. The summed E-state index contributed by atoms with van der Waals surface area (Å²) >= 11 is 0. The van der Waals surface area contributed by atoms with Gasteiger partial charge in [0.1, 0.15) is 6.17 Å². The number of aliphatic imine (C=N–C) groups is 1. The minimum atomic E-state index is -0.103. The zero-order valence-corrected chi connectivity index (χ0v) is 22.8. The number of urea groups is 1. The molecule has 11 heteroatoms. The van der Waals surface area contributed by atoms with E-state index in [0.29, 0.717) is 0 Å². The zero-order chi connectivity index (χ0) is 27.2. The van der Waals surface area contributed by atoms with E-state index in [9.17, 15) is 4.79 Å². The molecule has 3 aliphatic rings. The number of pyridine rings is 1. The van der Waals surface area contributed by atoms with Crippen LogP contribution in [-0.2, 0) is 6.54 Å². The molecule has 0 radical (unpaired) electrons. The Labute approximate surface area is 230 Å². The van der Waals surface area contributed by atoms with Crippen LogP contribution in [0.1, 0.15) is 32.3 Å². The molecule has 2 fully saturated rings. The summed E-state index contributed by atoms with van der Waals surface area (Å²) in [5, 5.41) is 3.63. The molecule has 3 N–H and O–H groups in total. The fourth-order valence-electron chi connectivity index (χ4n) is 5.53. The van der Waals surface area contributed by atoms with Crippen LogP contribution in [0.5, 0.6) is 0 Å². The molecule has 2 amide bonds. The molecule has 0 spiro atoms. The Kier molecular flexibility index (Phi) is 8.36. The Bertz CT molecular complexity index is 1210. The second-order valence-corrected chi connectivity index (χ2v) is 10.1. The number of fused-ring (bicyclic) bond motifs is 1. The topological polar surface area (TPSA) is 119 Å². The van der Waals surface area contributed by atoms with E-state index >= 15 is 0 Å². The van der Waals surface area contributed by atoms with Crippen molar-refractivity contribution in [2.45, 2.75) is 45.4 Å². The maximum absolute atomic E-state index is 13.4. The number of likely N-dealkylation sites (tertiary alicyclic amines) is 1. The number of piperidine rings is 1. The molecule has 206 valence electrons. The molecule has 2 aromatic heterocycles. The van der Waals surface area contributed by atoms with Crippen molar-refractivity contribution in [3.8, 4) is 0 Å². The number of carbonyl (C=O) groups excluding carboxylic acids is 1. The van der Waals surface area contributed by atoms with Crippen LogP contribution in [-0.4, -0.2) is 92.9 Å². The van der Waals surface area contributed by atoms with E-state index in [1.165, 1.54) is 0 Å². The van der Waals surface area contributed by atoms with Crippen molar-refractivity contribution in [3.63, 3.8) is 0 Å². The summed E-state index contributed by atoms with van der Waals surface area (Å²) in [6.07, 6.45) is 14.9. The molecule has 11 nitrogen and oxygen atoms in total. The smallest absolute Gasteiger partial charge is 0.320 e. The Morgan fingerprint density at radius 3 is 2.46 bits per heavy atom. The SMILES string of the molecule is C\C=C/N=C(\C=C/C)C1Nc2cccnc2N1C1CCN(C(=O)N2CCN(Cc3cnc(N)nc3)CC2)CC1. The summed E-state index contributed by atoms with van der Waals surface area (Å²) in [5.74, 6) is 1.24. The Hall–Kier alpha value is -3.99. The fourth-order valence-corrected chi connectivity index (χ4v) is 5.53. The number of carbonyl (C=O) groups is 1. The van der Waals surface area contributed by atoms with Crippen molar-refractivity contribution in [2.75, 3.05) is 55.2 Å². The summed E-state index contributed by atoms with van der Waals surface area (Å²) in [4.78, 5) is 39.7. The van der Waals surface area contributed by atoms with Crippen molar-refractivity contribution < 1.29 is 4.79 Å². The number of nitrogen functional groups attached to an aromatic ring is 1. The second-order valence-electron chi connectivity index (χ2n) is 10.1. The molecular formula is C28H38N10O. The molecule has 2 aromatic rings. The summed E-state index contributed by atoms with van der Waals surface area (Å²) < 4.78 is 0. The first kappa shape index (κ1) is 26.6. The van der Waals surface area contributed by atoms with E-state index in [0.717, 1.165) is 81.4 Å². The van der Waals surface area contributed by atoms with Crippen LogP contribution in [0.25, 0.3) is 0 Å². The molecule has 0 aromatic carbocycles. The van der Waals surface area contributed by atoms with E-state index in [-0.39, 0.29) is 24.2 Å².